The Morgan fingerprint density at radius 1 is 1.45 bits per heavy atom. The standard InChI is InChI=1S/C13H13BrF3NO2/c1-8-7-20-5-4-18(8)12(19)9-2-3-11(14)10(6-9)13(15,16)17/h2-3,6,8H,4-5,7H2,1H3/t8-/m1/s1. The first-order chi connectivity index (χ1) is 9.30. The first-order valence-corrected chi connectivity index (χ1v) is 6.85. The van der Waals surface area contributed by atoms with Gasteiger partial charge in [-0.05, 0) is 25.1 Å². The number of hydrogen-bond donors (Lipinski definition) is 0. The van der Waals surface area contributed by atoms with E-state index in [4.69, 9.17) is 4.74 Å². The van der Waals surface area contributed by atoms with E-state index in [1.807, 2.05) is 0 Å². The van der Waals surface area contributed by atoms with Gasteiger partial charge in [0.05, 0.1) is 24.8 Å². The number of hydrogen-bond acceptors (Lipinski definition) is 2. The molecule has 0 aliphatic carbocycles. The zero-order valence-electron chi connectivity index (χ0n) is 10.7. The van der Waals surface area contributed by atoms with Crippen LogP contribution in [-0.2, 0) is 10.9 Å². The van der Waals surface area contributed by atoms with Crippen molar-refractivity contribution in [2.75, 3.05) is 19.8 Å². The molecule has 1 aliphatic heterocycles. The quantitative estimate of drug-likeness (QED) is 0.776. The van der Waals surface area contributed by atoms with E-state index < -0.39 is 17.6 Å². The van der Waals surface area contributed by atoms with Crippen LogP contribution in [0.4, 0.5) is 13.2 Å². The molecule has 1 aromatic rings. The highest BCUT2D eigenvalue weighted by atomic mass is 79.9. The van der Waals surface area contributed by atoms with Crippen molar-refractivity contribution in [2.24, 2.45) is 0 Å². The fourth-order valence-electron chi connectivity index (χ4n) is 2.07. The van der Waals surface area contributed by atoms with Gasteiger partial charge in [0.25, 0.3) is 5.91 Å². The number of carbonyl (C=O) groups is 1. The summed E-state index contributed by atoms with van der Waals surface area (Å²) in [5.74, 6) is -0.404. The molecule has 2 rings (SSSR count). The van der Waals surface area contributed by atoms with Crippen molar-refractivity contribution in [3.8, 4) is 0 Å². The average molecular weight is 352 g/mol. The molecule has 0 spiro atoms. The second-order valence-corrected chi connectivity index (χ2v) is 5.47. The van der Waals surface area contributed by atoms with Gasteiger partial charge in [0.2, 0.25) is 0 Å². The summed E-state index contributed by atoms with van der Waals surface area (Å²) in [6, 6.07) is 3.38. The number of amides is 1. The average Bonchev–Trinajstić information content (AvgIpc) is 2.37. The lowest BCUT2D eigenvalue weighted by atomic mass is 10.1. The second kappa shape index (κ2) is 5.73. The minimum absolute atomic E-state index is 0.0364. The predicted molar refractivity (Wildman–Crippen MR) is 70.5 cm³/mol. The number of carbonyl (C=O) groups excluding carboxylic acids is 1. The molecule has 0 aromatic heterocycles. The Morgan fingerprint density at radius 2 is 2.15 bits per heavy atom. The smallest absolute Gasteiger partial charge is 0.377 e. The lowest BCUT2D eigenvalue weighted by Gasteiger charge is -2.33. The third kappa shape index (κ3) is 3.15. The Morgan fingerprint density at radius 3 is 2.75 bits per heavy atom. The Kier molecular flexibility index (Phi) is 4.39. The molecule has 0 N–H and O–H groups in total. The lowest BCUT2D eigenvalue weighted by molar-refractivity contribution is -0.138. The topological polar surface area (TPSA) is 29.5 Å². The molecule has 1 fully saturated rings. The van der Waals surface area contributed by atoms with Crippen molar-refractivity contribution < 1.29 is 22.7 Å². The number of ether oxygens (including phenoxy) is 1. The first kappa shape index (κ1) is 15.3. The molecular weight excluding hydrogens is 339 g/mol. The summed E-state index contributed by atoms with van der Waals surface area (Å²) in [5, 5.41) is 0. The fourth-order valence-corrected chi connectivity index (χ4v) is 2.54. The lowest BCUT2D eigenvalue weighted by Crippen LogP contribution is -2.47. The van der Waals surface area contributed by atoms with Crippen LogP contribution in [0.1, 0.15) is 22.8 Å². The Labute approximate surface area is 122 Å². The van der Waals surface area contributed by atoms with Gasteiger partial charge in [-0.3, -0.25) is 4.79 Å². The van der Waals surface area contributed by atoms with Crippen molar-refractivity contribution in [3.05, 3.63) is 33.8 Å². The van der Waals surface area contributed by atoms with Crippen LogP contribution in [0.15, 0.2) is 22.7 Å². The molecule has 0 radical (unpaired) electrons. The fraction of sp³-hybridized carbons (Fsp3) is 0.462. The van der Waals surface area contributed by atoms with E-state index in [0.717, 1.165) is 6.07 Å². The number of rotatable bonds is 1. The maximum Gasteiger partial charge on any atom is 0.417 e. The van der Waals surface area contributed by atoms with Crippen LogP contribution in [0, 0.1) is 0 Å². The third-order valence-electron chi connectivity index (χ3n) is 3.15. The first-order valence-electron chi connectivity index (χ1n) is 6.06. The minimum Gasteiger partial charge on any atom is -0.377 e. The van der Waals surface area contributed by atoms with Gasteiger partial charge in [-0.15, -0.1) is 0 Å². The number of morpholine rings is 1. The summed E-state index contributed by atoms with van der Waals surface area (Å²) in [6.45, 7) is 2.99. The van der Waals surface area contributed by atoms with Crippen molar-refractivity contribution >= 4 is 21.8 Å². The summed E-state index contributed by atoms with van der Waals surface area (Å²) < 4.78 is 43.6. The van der Waals surface area contributed by atoms with Gasteiger partial charge in [0, 0.05) is 16.6 Å². The van der Waals surface area contributed by atoms with Crippen LogP contribution in [0.3, 0.4) is 0 Å². The van der Waals surface area contributed by atoms with Crippen molar-refractivity contribution in [2.45, 2.75) is 19.1 Å². The number of benzene rings is 1. The van der Waals surface area contributed by atoms with Gasteiger partial charge in [-0.25, -0.2) is 0 Å². The highest BCUT2D eigenvalue weighted by Crippen LogP contribution is 2.35. The molecule has 1 aromatic carbocycles. The molecule has 0 saturated carbocycles. The van der Waals surface area contributed by atoms with Gasteiger partial charge in [0.15, 0.2) is 0 Å². The van der Waals surface area contributed by atoms with Crippen LogP contribution in [0.25, 0.3) is 0 Å². The highest BCUT2D eigenvalue weighted by molar-refractivity contribution is 9.10. The van der Waals surface area contributed by atoms with E-state index in [2.05, 4.69) is 15.9 Å². The molecule has 1 atom stereocenters. The zero-order chi connectivity index (χ0) is 14.9. The Balaban J connectivity index is 2.31. The largest absolute Gasteiger partial charge is 0.417 e. The van der Waals surface area contributed by atoms with E-state index in [1.165, 1.54) is 17.0 Å². The highest BCUT2D eigenvalue weighted by Gasteiger charge is 2.34. The normalized spacial score (nSPS) is 20.1. The van der Waals surface area contributed by atoms with Crippen LogP contribution in [0.2, 0.25) is 0 Å². The van der Waals surface area contributed by atoms with Crippen molar-refractivity contribution in [1.29, 1.82) is 0 Å². The summed E-state index contributed by atoms with van der Waals surface area (Å²) in [7, 11) is 0. The Hall–Kier alpha value is -1.08. The molecule has 3 nitrogen and oxygen atoms in total. The van der Waals surface area contributed by atoms with E-state index in [9.17, 15) is 18.0 Å². The van der Waals surface area contributed by atoms with E-state index in [1.54, 1.807) is 6.92 Å². The molecule has 110 valence electrons. The summed E-state index contributed by atoms with van der Waals surface area (Å²) in [5.41, 5.74) is -0.807. The maximum absolute atomic E-state index is 12.8. The summed E-state index contributed by atoms with van der Waals surface area (Å²) in [4.78, 5) is 13.8. The number of nitrogens with zero attached hydrogens (tertiary/aromatic N) is 1. The molecule has 0 unspecified atom stereocenters. The van der Waals surface area contributed by atoms with Crippen LogP contribution in [-0.4, -0.2) is 36.6 Å². The van der Waals surface area contributed by atoms with Crippen LogP contribution >= 0.6 is 15.9 Å². The van der Waals surface area contributed by atoms with Crippen LogP contribution in [0.5, 0.6) is 0 Å². The van der Waals surface area contributed by atoms with Gasteiger partial charge < -0.3 is 9.64 Å². The van der Waals surface area contributed by atoms with Gasteiger partial charge >= 0.3 is 6.18 Å². The minimum atomic E-state index is -4.49. The third-order valence-corrected chi connectivity index (χ3v) is 3.84. The van der Waals surface area contributed by atoms with Crippen LogP contribution < -0.4 is 0 Å². The summed E-state index contributed by atoms with van der Waals surface area (Å²) in [6.07, 6.45) is -4.49. The molecule has 1 amide bonds. The van der Waals surface area contributed by atoms with E-state index in [0.29, 0.717) is 19.8 Å². The van der Waals surface area contributed by atoms with Gasteiger partial charge in [0.1, 0.15) is 0 Å². The maximum atomic E-state index is 12.8. The summed E-state index contributed by atoms with van der Waals surface area (Å²) >= 11 is 2.86. The van der Waals surface area contributed by atoms with Gasteiger partial charge in [-0.2, -0.15) is 13.2 Å². The number of alkyl halides is 3. The monoisotopic (exact) mass is 351 g/mol. The zero-order valence-corrected chi connectivity index (χ0v) is 12.3. The molecule has 1 heterocycles. The molecule has 0 bridgehead atoms. The van der Waals surface area contributed by atoms with Gasteiger partial charge in [-0.1, -0.05) is 15.9 Å². The predicted octanol–water partition coefficient (Wildman–Crippen LogP) is 3.33. The van der Waals surface area contributed by atoms with Crippen molar-refractivity contribution in [3.63, 3.8) is 0 Å². The SMILES string of the molecule is C[C@@H]1COCCN1C(=O)c1ccc(Br)c(C(F)(F)F)c1. The molecule has 20 heavy (non-hydrogen) atoms. The molecule has 1 aliphatic rings. The van der Waals surface area contributed by atoms with E-state index >= 15 is 0 Å². The molecule has 1 saturated heterocycles. The molecule has 7 heteroatoms. The number of halogens is 4. The van der Waals surface area contributed by atoms with Crippen molar-refractivity contribution in [1.82, 2.24) is 4.90 Å². The Bertz CT molecular complexity index is 519. The second-order valence-electron chi connectivity index (χ2n) is 4.61. The van der Waals surface area contributed by atoms with E-state index in [-0.39, 0.29) is 16.1 Å². The molecular formula is C13H13BrF3NO2.